The Hall–Kier alpha value is -0.570. The van der Waals surface area contributed by atoms with Crippen LogP contribution in [0.25, 0.3) is 0 Å². The van der Waals surface area contributed by atoms with Gasteiger partial charge in [0.1, 0.15) is 10.7 Å². The molecule has 0 heterocycles. The number of benzene rings is 1. The minimum Gasteiger partial charge on any atom is -0.393 e. The molecule has 1 fully saturated rings. The molecule has 0 saturated heterocycles. The normalized spacial score (nSPS) is 15.6. The second kappa shape index (κ2) is 6.05. The van der Waals surface area contributed by atoms with Gasteiger partial charge in [0.25, 0.3) is 0 Å². The molecule has 0 aliphatic heterocycles. The Morgan fingerprint density at radius 1 is 1.50 bits per heavy atom. The number of hydrogen-bond donors (Lipinski definition) is 1. The summed E-state index contributed by atoms with van der Waals surface area (Å²) < 4.78 is 40.8. The van der Waals surface area contributed by atoms with Gasteiger partial charge in [0, 0.05) is 23.5 Å². The molecule has 1 aliphatic rings. The Bertz CT molecular complexity index is 632. The standard InChI is InChI=1S/C12H14BrFN2O2S2/c13-8-1-4-11(10(14)7-8)20(17,18)16(9-2-3-9)6-5-12(15)19/h1,4,7,9H,2-3,5-6H2,(H2,15,19). The molecule has 0 unspecified atom stereocenters. The summed E-state index contributed by atoms with van der Waals surface area (Å²) >= 11 is 7.89. The second-order valence-corrected chi connectivity index (χ2v) is 7.94. The lowest BCUT2D eigenvalue weighted by Crippen LogP contribution is -2.36. The van der Waals surface area contributed by atoms with Crippen molar-refractivity contribution in [2.24, 2.45) is 5.73 Å². The molecule has 1 aliphatic carbocycles. The quantitative estimate of drug-likeness (QED) is 0.769. The van der Waals surface area contributed by atoms with Gasteiger partial charge in [-0.3, -0.25) is 0 Å². The van der Waals surface area contributed by atoms with Crippen molar-refractivity contribution in [1.29, 1.82) is 0 Å². The van der Waals surface area contributed by atoms with Crippen LogP contribution in [-0.4, -0.2) is 30.3 Å². The second-order valence-electron chi connectivity index (χ2n) is 4.64. The molecule has 1 aromatic rings. The fraction of sp³-hybridized carbons (Fsp3) is 0.417. The fourth-order valence-corrected chi connectivity index (χ4v) is 4.05. The third-order valence-electron chi connectivity index (χ3n) is 3.01. The van der Waals surface area contributed by atoms with Gasteiger partial charge in [-0.1, -0.05) is 28.1 Å². The highest BCUT2D eigenvalue weighted by atomic mass is 79.9. The molecule has 0 spiro atoms. The molecule has 2 N–H and O–H groups in total. The first-order valence-electron chi connectivity index (χ1n) is 6.07. The number of nitrogens with two attached hydrogens (primary N) is 1. The van der Waals surface area contributed by atoms with Gasteiger partial charge in [-0.05, 0) is 31.0 Å². The number of sulfonamides is 1. The maximum Gasteiger partial charge on any atom is 0.246 e. The van der Waals surface area contributed by atoms with Gasteiger partial charge in [-0.15, -0.1) is 0 Å². The van der Waals surface area contributed by atoms with Gasteiger partial charge in [0.05, 0.1) is 4.99 Å². The van der Waals surface area contributed by atoms with Gasteiger partial charge >= 0.3 is 0 Å². The van der Waals surface area contributed by atoms with Crippen LogP contribution in [-0.2, 0) is 10.0 Å². The third kappa shape index (κ3) is 3.55. The monoisotopic (exact) mass is 380 g/mol. The summed E-state index contributed by atoms with van der Waals surface area (Å²) in [5.74, 6) is -0.764. The zero-order valence-corrected chi connectivity index (χ0v) is 13.8. The van der Waals surface area contributed by atoms with Crippen molar-refractivity contribution in [1.82, 2.24) is 4.31 Å². The molecule has 0 radical (unpaired) electrons. The van der Waals surface area contributed by atoms with Crippen LogP contribution in [0.5, 0.6) is 0 Å². The molecule has 2 rings (SSSR count). The number of halogens is 2. The molecule has 0 atom stereocenters. The summed E-state index contributed by atoms with van der Waals surface area (Å²) in [6, 6.07) is 3.85. The summed E-state index contributed by atoms with van der Waals surface area (Å²) in [4.78, 5) is -0.0577. The van der Waals surface area contributed by atoms with E-state index in [9.17, 15) is 12.8 Å². The van der Waals surface area contributed by atoms with Gasteiger partial charge < -0.3 is 5.73 Å². The van der Waals surface area contributed by atoms with Crippen molar-refractivity contribution in [3.63, 3.8) is 0 Å². The molecule has 1 saturated carbocycles. The van der Waals surface area contributed by atoms with Crippen LogP contribution in [0.1, 0.15) is 19.3 Å². The maximum absolute atomic E-state index is 13.9. The van der Waals surface area contributed by atoms with Crippen LogP contribution >= 0.6 is 28.1 Å². The Balaban J connectivity index is 2.32. The first kappa shape index (κ1) is 15.8. The molecular weight excluding hydrogens is 367 g/mol. The van der Waals surface area contributed by atoms with Gasteiger partial charge in [0.2, 0.25) is 10.0 Å². The fourth-order valence-electron chi connectivity index (χ4n) is 1.89. The Morgan fingerprint density at radius 2 is 2.15 bits per heavy atom. The predicted molar refractivity (Wildman–Crippen MR) is 82.4 cm³/mol. The molecule has 4 nitrogen and oxygen atoms in total. The van der Waals surface area contributed by atoms with E-state index in [0.29, 0.717) is 10.9 Å². The highest BCUT2D eigenvalue weighted by Gasteiger charge is 2.38. The van der Waals surface area contributed by atoms with Crippen molar-refractivity contribution in [3.8, 4) is 0 Å². The topological polar surface area (TPSA) is 63.4 Å². The van der Waals surface area contributed by atoms with Crippen LogP contribution in [0, 0.1) is 5.82 Å². The smallest absolute Gasteiger partial charge is 0.246 e. The molecule has 20 heavy (non-hydrogen) atoms. The van der Waals surface area contributed by atoms with Crippen molar-refractivity contribution >= 4 is 43.2 Å². The lowest BCUT2D eigenvalue weighted by Gasteiger charge is -2.22. The number of thiocarbonyl (C=S) groups is 1. The van der Waals surface area contributed by atoms with Crippen molar-refractivity contribution in [2.75, 3.05) is 6.54 Å². The summed E-state index contributed by atoms with van der Waals surface area (Å²) in [7, 11) is -3.86. The van der Waals surface area contributed by atoms with Crippen molar-refractivity contribution in [2.45, 2.75) is 30.2 Å². The highest BCUT2D eigenvalue weighted by molar-refractivity contribution is 9.10. The highest BCUT2D eigenvalue weighted by Crippen LogP contribution is 2.33. The van der Waals surface area contributed by atoms with Crippen LogP contribution in [0.4, 0.5) is 4.39 Å². The van der Waals surface area contributed by atoms with E-state index in [1.165, 1.54) is 16.4 Å². The van der Waals surface area contributed by atoms with E-state index in [-0.39, 0.29) is 22.5 Å². The molecule has 8 heteroatoms. The lowest BCUT2D eigenvalue weighted by atomic mass is 10.3. The average Bonchev–Trinajstić information content (AvgIpc) is 3.12. The maximum atomic E-state index is 13.9. The van der Waals surface area contributed by atoms with Crippen molar-refractivity contribution in [3.05, 3.63) is 28.5 Å². The molecule has 110 valence electrons. The van der Waals surface area contributed by atoms with E-state index in [0.717, 1.165) is 18.9 Å². The van der Waals surface area contributed by atoms with Crippen LogP contribution in [0.2, 0.25) is 0 Å². The van der Waals surface area contributed by atoms with E-state index in [1.54, 1.807) is 0 Å². The zero-order chi connectivity index (χ0) is 14.9. The number of rotatable bonds is 6. The predicted octanol–water partition coefficient (Wildman–Crippen LogP) is 2.42. The molecule has 1 aromatic carbocycles. The van der Waals surface area contributed by atoms with E-state index in [2.05, 4.69) is 15.9 Å². The number of hydrogen-bond acceptors (Lipinski definition) is 3. The lowest BCUT2D eigenvalue weighted by molar-refractivity contribution is 0.409. The summed E-state index contributed by atoms with van der Waals surface area (Å²) in [6.45, 7) is 0.192. The number of nitrogens with zero attached hydrogens (tertiary/aromatic N) is 1. The first-order valence-corrected chi connectivity index (χ1v) is 8.71. The molecule has 0 amide bonds. The minimum absolute atomic E-state index is 0.0719. The summed E-state index contributed by atoms with van der Waals surface area (Å²) in [5, 5.41) is 0. The summed E-state index contributed by atoms with van der Waals surface area (Å²) in [6.07, 6.45) is 1.87. The van der Waals surface area contributed by atoms with Crippen molar-refractivity contribution < 1.29 is 12.8 Å². The minimum atomic E-state index is -3.86. The molecular formula is C12H14BrFN2O2S2. The van der Waals surface area contributed by atoms with Gasteiger partial charge in [0.15, 0.2) is 0 Å². The summed E-state index contributed by atoms with van der Waals surface area (Å²) in [5.41, 5.74) is 5.42. The zero-order valence-electron chi connectivity index (χ0n) is 10.6. The molecule has 0 bridgehead atoms. The van der Waals surface area contributed by atoms with E-state index >= 15 is 0 Å². The van der Waals surface area contributed by atoms with E-state index in [1.807, 2.05) is 0 Å². The molecule has 0 aromatic heterocycles. The largest absolute Gasteiger partial charge is 0.393 e. The first-order chi connectivity index (χ1) is 9.32. The SMILES string of the molecule is NC(=S)CCN(C1CC1)S(=O)(=O)c1ccc(Br)cc1F. The van der Waals surface area contributed by atoms with E-state index < -0.39 is 15.8 Å². The Morgan fingerprint density at radius 3 is 2.65 bits per heavy atom. The van der Waals surface area contributed by atoms with E-state index in [4.69, 9.17) is 18.0 Å². The van der Waals surface area contributed by atoms with Crippen LogP contribution < -0.4 is 5.73 Å². The van der Waals surface area contributed by atoms with Gasteiger partial charge in [-0.25, -0.2) is 12.8 Å². The van der Waals surface area contributed by atoms with Crippen LogP contribution in [0.3, 0.4) is 0 Å². The average molecular weight is 381 g/mol. The van der Waals surface area contributed by atoms with Crippen LogP contribution in [0.15, 0.2) is 27.6 Å². The third-order valence-corrected chi connectivity index (χ3v) is 5.70. The Kier molecular flexibility index (Phi) is 4.78. The Labute approximate surface area is 131 Å². The van der Waals surface area contributed by atoms with Gasteiger partial charge in [-0.2, -0.15) is 4.31 Å².